The van der Waals surface area contributed by atoms with Crippen molar-refractivity contribution in [1.29, 1.82) is 0 Å². The standard InChI is InChI=1S/C92H92N2S5.H29P27/c1-7-11-15-21-29-63-38-46-69(47-39-63)91(70-48-40-64(41-49-70)30-22-16-12-8-2)75-59-74-76(58-73(75)87-77(91)57-62(6)96-87)92(71-50-42-65(43-51-71)31-23-17-13-9-3,72-52-44-66(45-53-72)32-24-18-14-10-4)78-60-82(98-88(74)78)79-55-56-81(97-79)90-86-85(89(99-90)80-54-37-61(5)95-80)93-83(67-33-25-19-26-34-67)84(94-86)68-35-27-20-28-36-68;1-15-22(14)26(23(16(2)3)17(4)5)27(24(18(6)7)19(8)9)25(20(10)11)21(12)13/h19-20,25-28,33-60H,7-18,21-24,29-32H2,1-6H3;15H,1-14H2. The zero-order chi connectivity index (χ0) is 89.1. The molecule has 664 valence electrons. The van der Waals surface area contributed by atoms with Crippen LogP contribution in [0.4, 0.5) is 0 Å². The van der Waals surface area contributed by atoms with Gasteiger partial charge in [-0.3, -0.25) is 0 Å². The van der Waals surface area contributed by atoms with Crippen LogP contribution in [0.2, 0.25) is 0 Å². The van der Waals surface area contributed by atoms with Crippen molar-refractivity contribution in [3.05, 3.63) is 283 Å². The molecular weight excluding hydrogens is 2130 g/mol. The third kappa shape index (κ3) is 24.2. The van der Waals surface area contributed by atoms with Crippen molar-refractivity contribution in [2.75, 3.05) is 0 Å². The molecule has 0 radical (unpaired) electrons. The van der Waals surface area contributed by atoms with E-state index in [0.29, 0.717) is 0 Å². The van der Waals surface area contributed by atoms with Crippen LogP contribution in [0.15, 0.2) is 206 Å². The molecule has 15 rings (SSSR count). The molecule has 2 aliphatic carbocycles. The highest BCUT2D eigenvalue weighted by Crippen LogP contribution is 3.36. The summed E-state index contributed by atoms with van der Waals surface area (Å²) in [6, 6.07) is 81.3. The number of thiophene rings is 5. The van der Waals surface area contributed by atoms with Crippen molar-refractivity contribution >= 4 is 285 Å². The van der Waals surface area contributed by atoms with Crippen LogP contribution in [0.3, 0.4) is 0 Å². The maximum Gasteiger partial charge on any atom is 0.110 e. The van der Waals surface area contributed by atoms with Gasteiger partial charge in [-0.2, -0.15) is 0 Å². The Balaban J connectivity index is 0.000000412. The highest BCUT2D eigenvalue weighted by molar-refractivity contribution is 9.42. The fraction of sp³-hybridized carbons (Fsp3) is 0.304. The van der Waals surface area contributed by atoms with E-state index in [0.717, 1.165) is 67.2 Å². The Labute approximate surface area is 821 Å². The van der Waals surface area contributed by atoms with E-state index in [9.17, 15) is 0 Å². The lowest BCUT2D eigenvalue weighted by molar-refractivity contribution is 0.666. The van der Waals surface area contributed by atoms with Crippen molar-refractivity contribution in [3.63, 3.8) is 0 Å². The highest BCUT2D eigenvalue weighted by atomic mass is 33.5. The van der Waals surface area contributed by atoms with Crippen LogP contribution in [-0.4, -0.2) is 9.97 Å². The van der Waals surface area contributed by atoms with Crippen LogP contribution in [0.5, 0.6) is 0 Å². The topological polar surface area (TPSA) is 25.8 Å². The van der Waals surface area contributed by atoms with E-state index in [1.54, 1.807) is 0 Å². The van der Waals surface area contributed by atoms with E-state index in [4.69, 9.17) is 9.97 Å². The maximum atomic E-state index is 5.75. The summed E-state index contributed by atoms with van der Waals surface area (Å²) in [5, 5.41) is 0. The predicted octanol–water partition coefficient (Wildman–Crippen LogP) is 43.6. The van der Waals surface area contributed by atoms with E-state index in [1.807, 2.05) is 56.7 Å². The molecule has 17 unspecified atom stereocenters. The van der Waals surface area contributed by atoms with E-state index < -0.39 is 10.8 Å². The molecule has 0 amide bonds. The van der Waals surface area contributed by atoms with Crippen LogP contribution in [-0.2, 0) is 36.5 Å². The van der Waals surface area contributed by atoms with Gasteiger partial charge in [0.2, 0.25) is 0 Å². The maximum absolute atomic E-state index is 5.75. The van der Waals surface area contributed by atoms with Gasteiger partial charge in [-0.05, 0) is 275 Å². The third-order valence-corrected chi connectivity index (χ3v) is 206. The van der Waals surface area contributed by atoms with Gasteiger partial charge >= 0.3 is 0 Å². The molecule has 0 fully saturated rings. The van der Waals surface area contributed by atoms with Crippen molar-refractivity contribution in [2.24, 2.45) is 0 Å². The van der Waals surface area contributed by atoms with Gasteiger partial charge in [0.1, 0.15) is 11.0 Å². The molecule has 0 aliphatic heterocycles. The van der Waals surface area contributed by atoms with E-state index in [2.05, 4.69) is 373 Å². The quantitative estimate of drug-likeness (QED) is 0.0282. The lowest BCUT2D eigenvalue weighted by atomic mass is 9.65. The SMILES string of the molecule is CCCCCCc1ccc(C2(c3ccc(CCCCCC)cc3)c3cc4c(cc3-c3sc(C)cc32)C(c2ccc(CCCCCC)cc2)(c2ccc(CCCCCC)cc2)c2cc(-c3ccc(-c5sc(-c6ccc(C)s6)c6nc(-c7ccccc7)c(-c7ccccc7)nc56)s3)sc2-4)cc1.PPP(P)P(P(P(P)P)P(P)P)P(P(P(P)P)P(P)P)P(P(P)P)P(P)P. The normalized spacial score (nSPS) is 14.0. The van der Waals surface area contributed by atoms with Gasteiger partial charge < -0.3 is 0 Å². The van der Waals surface area contributed by atoms with Gasteiger partial charge in [0.15, 0.2) is 0 Å². The highest BCUT2D eigenvalue weighted by Gasteiger charge is 2.54. The van der Waals surface area contributed by atoms with E-state index in [-0.39, 0.29) is 83.8 Å². The Morgan fingerprint density at radius 1 is 0.294 bits per heavy atom. The number of fused-ring (bicyclic) bond motifs is 7. The molecule has 0 bridgehead atoms. The number of aryl methyl sites for hydroxylation is 6. The Morgan fingerprint density at radius 3 is 0.984 bits per heavy atom. The molecule has 0 spiro atoms. The first-order valence-corrected chi connectivity index (χ1v) is 95.9. The number of nitrogens with zero attached hydrogens (tertiary/aromatic N) is 2. The molecule has 6 heterocycles. The molecule has 2 aliphatic rings. The molecule has 6 aromatic heterocycles. The number of aromatic nitrogens is 2. The Kier molecular flexibility index (Phi) is 42.6. The second-order valence-electron chi connectivity index (χ2n) is 32.2. The van der Waals surface area contributed by atoms with Crippen molar-refractivity contribution in [2.45, 2.75) is 181 Å². The summed E-state index contributed by atoms with van der Waals surface area (Å²) in [7, 11) is 46.6. The van der Waals surface area contributed by atoms with Crippen molar-refractivity contribution < 1.29 is 0 Å². The van der Waals surface area contributed by atoms with Gasteiger partial charge in [-0.15, -0.1) is 182 Å². The summed E-state index contributed by atoms with van der Waals surface area (Å²) in [4.78, 5) is 24.2. The van der Waals surface area contributed by atoms with Gasteiger partial charge in [-0.25, -0.2) is 9.97 Å². The number of rotatable bonds is 41. The molecule has 13 aromatic rings. The first-order chi connectivity index (χ1) is 61.0. The molecule has 0 N–H and O–H groups in total. The minimum absolute atomic E-state index is 0.0165. The molecular formula is C92H121N2P27S5. The van der Waals surface area contributed by atoms with Crippen LogP contribution >= 0.6 is 273 Å². The second kappa shape index (κ2) is 50.8. The smallest absolute Gasteiger partial charge is 0.110 e. The monoisotopic (exact) mass is 2250 g/mol. The average Bonchev–Trinajstić information content (AvgIpc) is 1.50. The van der Waals surface area contributed by atoms with Crippen LogP contribution in [0.25, 0.3) is 83.7 Å². The Bertz CT molecular complexity index is 5550. The fourth-order valence-electron chi connectivity index (χ4n) is 17.6. The van der Waals surface area contributed by atoms with Crippen molar-refractivity contribution in [1.82, 2.24) is 9.97 Å². The number of benzene rings is 7. The lowest BCUT2D eigenvalue weighted by Gasteiger charge is -2.50. The first-order valence-electron chi connectivity index (χ1n) is 43.2. The second-order valence-corrected chi connectivity index (χ2v) is 144. The first kappa shape index (κ1) is 106. The minimum atomic E-state index is -0.607. The molecule has 0 saturated carbocycles. The molecule has 7 aromatic carbocycles. The summed E-state index contributed by atoms with van der Waals surface area (Å²) in [5.74, 6) is 0. The zero-order valence-electron chi connectivity index (χ0n) is 72.7. The van der Waals surface area contributed by atoms with Gasteiger partial charge in [-0.1, -0.05) is 270 Å². The fourth-order valence-corrected chi connectivity index (χ4v) is 367. The average molecular weight is 2250 g/mol. The summed E-state index contributed by atoms with van der Waals surface area (Å²) < 4.78 is 0. The van der Waals surface area contributed by atoms with Crippen LogP contribution < -0.4 is 0 Å². The van der Waals surface area contributed by atoms with Crippen LogP contribution in [0.1, 0.15) is 207 Å². The molecule has 17 atom stereocenters. The third-order valence-electron chi connectivity index (χ3n) is 23.5. The van der Waals surface area contributed by atoms with E-state index >= 15 is 0 Å². The Morgan fingerprint density at radius 2 is 0.635 bits per heavy atom. The van der Waals surface area contributed by atoms with Crippen molar-refractivity contribution in [3.8, 4) is 72.7 Å². The van der Waals surface area contributed by atoms with Gasteiger partial charge in [0.25, 0.3) is 0 Å². The van der Waals surface area contributed by atoms with Crippen LogP contribution in [0, 0.1) is 13.8 Å². The number of hydrogen-bond acceptors (Lipinski definition) is 7. The van der Waals surface area contributed by atoms with Gasteiger partial charge in [0.05, 0.1) is 32.0 Å². The molecule has 126 heavy (non-hydrogen) atoms. The van der Waals surface area contributed by atoms with E-state index in [1.165, 1.54) is 229 Å². The summed E-state index contributed by atoms with van der Waals surface area (Å²) >= 11 is 9.60. The number of hydrogen-bond donors (Lipinski definition) is 0. The summed E-state index contributed by atoms with van der Waals surface area (Å²) in [6.45, 7) is 14.2. The molecule has 0 saturated heterocycles. The lowest BCUT2D eigenvalue weighted by Crippen LogP contribution is -2.30. The number of unbranched alkanes of at least 4 members (excludes halogenated alkanes) is 12. The Hall–Kier alpha value is 3.99. The minimum Gasteiger partial charge on any atom is -0.242 e. The van der Waals surface area contributed by atoms with Gasteiger partial charge in [0, 0.05) is 50.1 Å². The molecule has 2 nitrogen and oxygen atoms in total. The summed E-state index contributed by atoms with van der Waals surface area (Å²) in [6.07, 6.45) is 24.5. The summed E-state index contributed by atoms with van der Waals surface area (Å²) in [5.41, 5.74) is 24.2. The molecule has 34 heteroatoms. The predicted molar refractivity (Wildman–Crippen MR) is 659 cm³/mol. The largest absolute Gasteiger partial charge is 0.242 e. The zero-order valence-corrected chi connectivity index (χ0v) is 105.